The normalized spacial score (nSPS) is 16.3. The number of ketones is 1. The van der Waals surface area contributed by atoms with Gasteiger partial charge in [0.05, 0.1) is 5.75 Å². The lowest BCUT2D eigenvalue weighted by Gasteiger charge is -2.07. The summed E-state index contributed by atoms with van der Waals surface area (Å²) in [7, 11) is 0. The number of hydrogen-bond donors (Lipinski definition) is 1. The maximum atomic E-state index is 12.5. The van der Waals surface area contributed by atoms with Crippen LogP contribution in [0, 0.1) is 6.92 Å². The zero-order chi connectivity index (χ0) is 13.2. The number of Topliss-reactive ketones (excluding diaryl/α,β-unsaturated/α-hetero) is 1. The number of H-pyrrole nitrogens is 1. The van der Waals surface area contributed by atoms with Crippen molar-refractivity contribution in [1.29, 1.82) is 0 Å². The molecule has 0 saturated heterocycles. The number of carbonyl (C=O) groups is 1. The summed E-state index contributed by atoms with van der Waals surface area (Å²) in [5.74, 6) is 0.889. The van der Waals surface area contributed by atoms with E-state index in [2.05, 4.69) is 4.98 Å². The Morgan fingerprint density at radius 1 is 1.32 bits per heavy atom. The van der Waals surface area contributed by atoms with Crippen molar-refractivity contribution in [2.24, 2.45) is 0 Å². The average Bonchev–Trinajstić information content (AvgIpc) is 3.02. The fourth-order valence-corrected chi connectivity index (χ4v) is 4.15. The van der Waals surface area contributed by atoms with Crippen LogP contribution >= 0.6 is 11.8 Å². The molecule has 0 aliphatic heterocycles. The van der Waals surface area contributed by atoms with Gasteiger partial charge < -0.3 is 4.98 Å². The number of benzene rings is 1. The van der Waals surface area contributed by atoms with Gasteiger partial charge >= 0.3 is 0 Å². The summed E-state index contributed by atoms with van der Waals surface area (Å²) in [5.41, 5.74) is 2.95. The van der Waals surface area contributed by atoms with Gasteiger partial charge in [-0.15, -0.1) is 0 Å². The first-order chi connectivity index (χ1) is 9.25. The predicted molar refractivity (Wildman–Crippen MR) is 82.1 cm³/mol. The summed E-state index contributed by atoms with van der Waals surface area (Å²) in [5, 5.41) is 1.77. The summed E-state index contributed by atoms with van der Waals surface area (Å²) in [6, 6.07) is 8.06. The molecule has 100 valence electrons. The van der Waals surface area contributed by atoms with Crippen molar-refractivity contribution in [3.8, 4) is 0 Å². The summed E-state index contributed by atoms with van der Waals surface area (Å²) < 4.78 is 0. The third-order valence-electron chi connectivity index (χ3n) is 3.92. The van der Waals surface area contributed by atoms with Crippen LogP contribution < -0.4 is 0 Å². The monoisotopic (exact) mass is 273 g/mol. The van der Waals surface area contributed by atoms with Gasteiger partial charge in [0.2, 0.25) is 0 Å². The van der Waals surface area contributed by atoms with Crippen LogP contribution in [0.4, 0.5) is 0 Å². The van der Waals surface area contributed by atoms with Crippen molar-refractivity contribution in [3.63, 3.8) is 0 Å². The van der Waals surface area contributed by atoms with E-state index in [-0.39, 0.29) is 5.78 Å². The van der Waals surface area contributed by atoms with Crippen molar-refractivity contribution < 1.29 is 4.79 Å². The van der Waals surface area contributed by atoms with Crippen molar-refractivity contribution in [1.82, 2.24) is 4.98 Å². The first-order valence-electron chi connectivity index (χ1n) is 6.98. The number of aromatic nitrogens is 1. The number of fused-ring (bicyclic) bond motifs is 1. The van der Waals surface area contributed by atoms with Crippen LogP contribution in [-0.4, -0.2) is 21.8 Å². The van der Waals surface area contributed by atoms with Gasteiger partial charge in [0.1, 0.15) is 0 Å². The van der Waals surface area contributed by atoms with Gasteiger partial charge in [0.15, 0.2) is 5.78 Å². The van der Waals surface area contributed by atoms with Crippen LogP contribution in [0.1, 0.15) is 41.7 Å². The van der Waals surface area contributed by atoms with E-state index in [1.165, 1.54) is 25.7 Å². The fraction of sp³-hybridized carbons (Fsp3) is 0.438. The third kappa shape index (κ3) is 2.57. The minimum atomic E-state index is 0.270. The molecule has 1 aromatic carbocycles. The number of para-hydroxylation sites is 1. The zero-order valence-corrected chi connectivity index (χ0v) is 12.1. The molecule has 0 bridgehead atoms. The van der Waals surface area contributed by atoms with Gasteiger partial charge in [0.25, 0.3) is 0 Å². The first kappa shape index (κ1) is 12.8. The van der Waals surface area contributed by atoms with E-state index in [0.717, 1.165) is 22.2 Å². The lowest BCUT2D eigenvalue weighted by Crippen LogP contribution is -2.07. The molecule has 0 atom stereocenters. The van der Waals surface area contributed by atoms with Crippen molar-refractivity contribution in [2.75, 3.05) is 5.75 Å². The van der Waals surface area contributed by atoms with Gasteiger partial charge in [-0.1, -0.05) is 31.0 Å². The molecular formula is C16H19NOS. The van der Waals surface area contributed by atoms with Gasteiger partial charge in [-0.05, 0) is 25.8 Å². The molecule has 2 aromatic rings. The Morgan fingerprint density at radius 3 is 2.84 bits per heavy atom. The molecule has 1 heterocycles. The first-order valence-corrected chi connectivity index (χ1v) is 8.02. The van der Waals surface area contributed by atoms with Gasteiger partial charge in [-0.25, -0.2) is 0 Å². The minimum Gasteiger partial charge on any atom is -0.358 e. The van der Waals surface area contributed by atoms with Gasteiger partial charge in [-0.3, -0.25) is 4.79 Å². The van der Waals surface area contributed by atoms with Crippen molar-refractivity contribution >= 4 is 28.4 Å². The van der Waals surface area contributed by atoms with E-state index in [9.17, 15) is 4.79 Å². The van der Waals surface area contributed by atoms with Crippen LogP contribution in [-0.2, 0) is 0 Å². The van der Waals surface area contributed by atoms with E-state index >= 15 is 0 Å². The fourth-order valence-electron chi connectivity index (χ4n) is 2.96. The molecule has 1 N–H and O–H groups in total. The number of nitrogens with one attached hydrogen (secondary N) is 1. The Bertz CT molecular complexity index is 596. The van der Waals surface area contributed by atoms with E-state index in [4.69, 9.17) is 0 Å². The molecule has 3 rings (SSSR count). The quantitative estimate of drug-likeness (QED) is 0.841. The highest BCUT2D eigenvalue weighted by atomic mass is 32.2. The molecule has 1 fully saturated rings. The minimum absolute atomic E-state index is 0.270. The molecule has 0 spiro atoms. The molecule has 1 saturated carbocycles. The van der Waals surface area contributed by atoms with Crippen LogP contribution in [0.5, 0.6) is 0 Å². The maximum Gasteiger partial charge on any atom is 0.175 e. The molecule has 19 heavy (non-hydrogen) atoms. The lowest BCUT2D eigenvalue weighted by molar-refractivity contribution is 0.102. The summed E-state index contributed by atoms with van der Waals surface area (Å²) in [6.07, 6.45) is 5.23. The number of rotatable bonds is 4. The van der Waals surface area contributed by atoms with Gasteiger partial charge in [0, 0.05) is 27.4 Å². The summed E-state index contributed by atoms with van der Waals surface area (Å²) in [6.45, 7) is 1.99. The highest BCUT2D eigenvalue weighted by molar-refractivity contribution is 8.00. The Balaban J connectivity index is 1.79. The Morgan fingerprint density at radius 2 is 2.05 bits per heavy atom. The number of aromatic amines is 1. The molecule has 2 nitrogen and oxygen atoms in total. The topological polar surface area (TPSA) is 32.9 Å². The molecular weight excluding hydrogens is 254 g/mol. The van der Waals surface area contributed by atoms with Crippen LogP contribution in [0.2, 0.25) is 0 Å². The molecule has 0 radical (unpaired) electrons. The standard InChI is InChI=1S/C16H19NOS/c1-11-16(13-8-4-5-9-14(13)17-11)15(18)10-19-12-6-2-3-7-12/h4-5,8-9,12,17H,2-3,6-7,10H2,1H3. The van der Waals surface area contributed by atoms with Crippen LogP contribution in [0.15, 0.2) is 24.3 Å². The number of carbonyl (C=O) groups excluding carboxylic acids is 1. The van der Waals surface area contributed by atoms with Crippen molar-refractivity contribution in [2.45, 2.75) is 37.9 Å². The molecule has 3 heteroatoms. The lowest BCUT2D eigenvalue weighted by atomic mass is 10.1. The van der Waals surface area contributed by atoms with E-state index in [0.29, 0.717) is 11.0 Å². The molecule has 0 amide bonds. The van der Waals surface area contributed by atoms with Crippen molar-refractivity contribution in [3.05, 3.63) is 35.5 Å². The summed E-state index contributed by atoms with van der Waals surface area (Å²) >= 11 is 1.84. The number of thioether (sulfide) groups is 1. The van der Waals surface area contributed by atoms with E-state index < -0.39 is 0 Å². The smallest absolute Gasteiger partial charge is 0.175 e. The maximum absolute atomic E-state index is 12.5. The van der Waals surface area contributed by atoms with E-state index in [1.807, 2.05) is 43.0 Å². The van der Waals surface area contributed by atoms with Crippen LogP contribution in [0.3, 0.4) is 0 Å². The third-order valence-corrected chi connectivity index (χ3v) is 5.30. The largest absolute Gasteiger partial charge is 0.358 e. The molecule has 1 aromatic heterocycles. The molecule has 1 aliphatic rings. The number of aryl methyl sites for hydroxylation is 1. The Labute approximate surface area is 118 Å². The summed E-state index contributed by atoms with van der Waals surface area (Å²) in [4.78, 5) is 15.8. The highest BCUT2D eigenvalue weighted by Gasteiger charge is 2.20. The SMILES string of the molecule is Cc1[nH]c2ccccc2c1C(=O)CSC1CCCC1. The van der Waals surface area contributed by atoms with E-state index in [1.54, 1.807) is 0 Å². The highest BCUT2D eigenvalue weighted by Crippen LogP contribution is 2.31. The zero-order valence-electron chi connectivity index (χ0n) is 11.2. The number of hydrogen-bond acceptors (Lipinski definition) is 2. The molecule has 0 unspecified atom stereocenters. The average molecular weight is 273 g/mol. The van der Waals surface area contributed by atoms with Gasteiger partial charge in [-0.2, -0.15) is 11.8 Å². The Hall–Kier alpha value is -1.22. The van der Waals surface area contributed by atoms with Crippen LogP contribution in [0.25, 0.3) is 10.9 Å². The second-order valence-electron chi connectivity index (χ2n) is 5.31. The predicted octanol–water partition coefficient (Wildman–Crippen LogP) is 4.33. The molecule has 1 aliphatic carbocycles. The Kier molecular flexibility index (Phi) is 3.65. The second-order valence-corrected chi connectivity index (χ2v) is 6.60. The second kappa shape index (κ2) is 5.41.